The average molecular weight is 507 g/mol. The van der Waals surface area contributed by atoms with Crippen LogP contribution in [0.2, 0.25) is 0 Å². The third-order valence-electron chi connectivity index (χ3n) is 5.64. The molecule has 0 bridgehead atoms. The molecule has 2 N–H and O–H groups in total. The van der Waals surface area contributed by atoms with Crippen LogP contribution in [-0.4, -0.2) is 62.7 Å². The molecule has 0 amide bonds. The smallest absolute Gasteiger partial charge is 0.191 e. The normalized spacial score (nSPS) is 21.5. The van der Waals surface area contributed by atoms with Crippen LogP contribution >= 0.6 is 24.0 Å². The van der Waals surface area contributed by atoms with Gasteiger partial charge in [0.1, 0.15) is 11.6 Å². The first-order valence-electron chi connectivity index (χ1n) is 10.0. The summed E-state index contributed by atoms with van der Waals surface area (Å²) in [5.74, 6) is -0.258. The molecule has 2 fully saturated rings. The maximum absolute atomic E-state index is 14.0. The summed E-state index contributed by atoms with van der Waals surface area (Å²) in [6.45, 7) is 6.89. The Hall–Kier alpha value is -1.16. The molecule has 28 heavy (non-hydrogen) atoms. The van der Waals surface area contributed by atoms with Gasteiger partial charge in [-0.2, -0.15) is 0 Å². The van der Waals surface area contributed by atoms with E-state index in [0.717, 1.165) is 38.0 Å². The van der Waals surface area contributed by atoms with E-state index in [4.69, 9.17) is 0 Å². The van der Waals surface area contributed by atoms with Crippen LogP contribution in [-0.2, 0) is 0 Å². The molecular weight excluding hydrogens is 475 g/mol. The van der Waals surface area contributed by atoms with Crippen molar-refractivity contribution in [2.45, 2.75) is 44.7 Å². The van der Waals surface area contributed by atoms with Gasteiger partial charge in [0.05, 0.1) is 5.69 Å². The third kappa shape index (κ3) is 5.92. The molecule has 5 nitrogen and oxygen atoms in total. The van der Waals surface area contributed by atoms with Gasteiger partial charge in [-0.3, -0.25) is 9.89 Å². The van der Waals surface area contributed by atoms with Crippen LogP contribution in [0.5, 0.6) is 0 Å². The molecule has 2 aliphatic heterocycles. The van der Waals surface area contributed by atoms with E-state index in [1.54, 1.807) is 7.05 Å². The van der Waals surface area contributed by atoms with Gasteiger partial charge in [-0.25, -0.2) is 8.78 Å². The van der Waals surface area contributed by atoms with Crippen LogP contribution < -0.4 is 15.5 Å². The second-order valence-corrected chi connectivity index (χ2v) is 7.43. The summed E-state index contributed by atoms with van der Waals surface area (Å²) in [4.78, 5) is 8.85. The fraction of sp³-hybridized carbons (Fsp3) is 0.650. The molecule has 8 heteroatoms. The van der Waals surface area contributed by atoms with E-state index in [1.807, 2.05) is 4.90 Å². The number of guanidine groups is 1. The highest BCUT2D eigenvalue weighted by Crippen LogP contribution is 2.24. The third-order valence-corrected chi connectivity index (χ3v) is 5.64. The fourth-order valence-electron chi connectivity index (χ4n) is 4.08. The van der Waals surface area contributed by atoms with E-state index in [0.29, 0.717) is 18.3 Å². The number of hydrogen-bond donors (Lipinski definition) is 2. The van der Waals surface area contributed by atoms with Gasteiger partial charge in [0, 0.05) is 44.8 Å². The number of rotatable bonds is 6. The molecule has 1 aromatic rings. The maximum atomic E-state index is 14.0. The molecule has 0 aliphatic carbocycles. The molecule has 1 aromatic carbocycles. The van der Waals surface area contributed by atoms with Crippen molar-refractivity contribution >= 4 is 35.6 Å². The molecular formula is C20H32F2IN5. The van der Waals surface area contributed by atoms with Gasteiger partial charge in [-0.05, 0) is 50.9 Å². The second-order valence-electron chi connectivity index (χ2n) is 7.43. The minimum atomic E-state index is -0.543. The molecule has 2 atom stereocenters. The van der Waals surface area contributed by atoms with Crippen LogP contribution in [0.4, 0.5) is 14.5 Å². The minimum Gasteiger partial charge on any atom is -0.367 e. The SMILES string of the molecule is CCC(CNC(=NC)NC1CCN(c2ccc(F)cc2F)C1)N1CCCC1.I. The lowest BCUT2D eigenvalue weighted by Gasteiger charge is -2.28. The van der Waals surface area contributed by atoms with Crippen LogP contribution in [0.1, 0.15) is 32.6 Å². The molecule has 2 heterocycles. The van der Waals surface area contributed by atoms with Crippen molar-refractivity contribution in [2.75, 3.05) is 44.7 Å². The first-order valence-corrected chi connectivity index (χ1v) is 10.0. The number of nitrogens with one attached hydrogen (secondary N) is 2. The summed E-state index contributed by atoms with van der Waals surface area (Å²) in [6.07, 6.45) is 4.59. The lowest BCUT2D eigenvalue weighted by Crippen LogP contribution is -2.49. The lowest BCUT2D eigenvalue weighted by atomic mass is 10.2. The van der Waals surface area contributed by atoms with Gasteiger partial charge in [-0.1, -0.05) is 6.92 Å². The monoisotopic (exact) mass is 507 g/mol. The van der Waals surface area contributed by atoms with Crippen LogP contribution in [0.25, 0.3) is 0 Å². The number of likely N-dealkylation sites (tertiary alicyclic amines) is 1. The summed E-state index contributed by atoms with van der Waals surface area (Å²) < 4.78 is 27.1. The van der Waals surface area contributed by atoms with Crippen molar-refractivity contribution in [2.24, 2.45) is 4.99 Å². The topological polar surface area (TPSA) is 42.9 Å². The Bertz CT molecular complexity index is 651. The Kier molecular flexibility index (Phi) is 9.20. The van der Waals surface area contributed by atoms with Crippen LogP contribution in [0.15, 0.2) is 23.2 Å². The molecule has 2 unspecified atom stereocenters. The molecule has 158 valence electrons. The number of hydrogen-bond acceptors (Lipinski definition) is 3. The Morgan fingerprint density at radius 1 is 1.25 bits per heavy atom. The number of anilines is 1. The van der Waals surface area contributed by atoms with E-state index in [9.17, 15) is 8.78 Å². The molecule has 0 radical (unpaired) electrons. The van der Waals surface area contributed by atoms with E-state index in [-0.39, 0.29) is 30.0 Å². The van der Waals surface area contributed by atoms with Crippen molar-refractivity contribution in [3.05, 3.63) is 29.8 Å². The van der Waals surface area contributed by atoms with Gasteiger partial charge < -0.3 is 15.5 Å². The number of halogens is 3. The molecule has 0 spiro atoms. The van der Waals surface area contributed by atoms with E-state index < -0.39 is 11.6 Å². The number of benzene rings is 1. The quantitative estimate of drug-likeness (QED) is 0.353. The largest absolute Gasteiger partial charge is 0.367 e. The summed E-state index contributed by atoms with van der Waals surface area (Å²) in [6, 6.07) is 4.48. The highest BCUT2D eigenvalue weighted by Gasteiger charge is 2.26. The Morgan fingerprint density at radius 2 is 2.00 bits per heavy atom. The zero-order valence-corrected chi connectivity index (χ0v) is 19.1. The molecule has 2 aliphatic rings. The standard InChI is InChI=1S/C20H31F2N5.HI/c1-3-17(26-9-4-5-10-26)13-24-20(23-2)25-16-8-11-27(14-16)19-7-6-15(21)12-18(19)22;/h6-7,12,16-17H,3-5,8-11,13-14H2,1-2H3,(H2,23,24,25);1H. The van der Waals surface area contributed by atoms with E-state index in [2.05, 4.69) is 27.4 Å². The molecule has 0 saturated carbocycles. The van der Waals surface area contributed by atoms with Crippen molar-refractivity contribution in [1.82, 2.24) is 15.5 Å². The van der Waals surface area contributed by atoms with Gasteiger partial charge in [0.15, 0.2) is 5.96 Å². The van der Waals surface area contributed by atoms with Gasteiger partial charge >= 0.3 is 0 Å². The predicted molar refractivity (Wildman–Crippen MR) is 122 cm³/mol. The second kappa shape index (κ2) is 11.1. The van der Waals surface area contributed by atoms with E-state index >= 15 is 0 Å². The first-order chi connectivity index (χ1) is 13.1. The average Bonchev–Trinajstić information content (AvgIpc) is 3.33. The minimum absolute atomic E-state index is 0. The Labute approximate surface area is 184 Å². The van der Waals surface area contributed by atoms with Gasteiger partial charge in [0.25, 0.3) is 0 Å². The highest BCUT2D eigenvalue weighted by molar-refractivity contribution is 14.0. The van der Waals surface area contributed by atoms with E-state index in [1.165, 1.54) is 38.1 Å². The predicted octanol–water partition coefficient (Wildman–Crippen LogP) is 3.20. The summed E-state index contributed by atoms with van der Waals surface area (Å²) in [7, 11) is 1.78. The van der Waals surface area contributed by atoms with Gasteiger partial charge in [-0.15, -0.1) is 24.0 Å². The van der Waals surface area contributed by atoms with Crippen molar-refractivity contribution in [3.8, 4) is 0 Å². The zero-order valence-electron chi connectivity index (χ0n) is 16.8. The van der Waals surface area contributed by atoms with Crippen LogP contribution in [0, 0.1) is 11.6 Å². The first kappa shape index (κ1) is 23.1. The van der Waals surface area contributed by atoms with Crippen LogP contribution in [0.3, 0.4) is 0 Å². The number of aliphatic imine (C=N–C) groups is 1. The fourth-order valence-corrected chi connectivity index (χ4v) is 4.08. The molecule has 3 rings (SSSR count). The maximum Gasteiger partial charge on any atom is 0.191 e. The Morgan fingerprint density at radius 3 is 2.64 bits per heavy atom. The molecule has 0 aromatic heterocycles. The van der Waals surface area contributed by atoms with Crippen molar-refractivity contribution in [1.29, 1.82) is 0 Å². The Balaban J connectivity index is 0.00000280. The summed E-state index contributed by atoms with van der Waals surface area (Å²) in [5, 5.41) is 6.90. The van der Waals surface area contributed by atoms with Gasteiger partial charge in [0.2, 0.25) is 0 Å². The highest BCUT2D eigenvalue weighted by atomic mass is 127. The summed E-state index contributed by atoms with van der Waals surface area (Å²) in [5.41, 5.74) is 0.462. The molecule has 2 saturated heterocycles. The summed E-state index contributed by atoms with van der Waals surface area (Å²) >= 11 is 0. The number of nitrogens with zero attached hydrogens (tertiary/aromatic N) is 3. The lowest BCUT2D eigenvalue weighted by molar-refractivity contribution is 0.236. The zero-order chi connectivity index (χ0) is 19.2. The van der Waals surface area contributed by atoms with Crippen molar-refractivity contribution < 1.29 is 8.78 Å². The van der Waals surface area contributed by atoms with Crippen molar-refractivity contribution in [3.63, 3.8) is 0 Å².